The van der Waals surface area contributed by atoms with Crippen LogP contribution in [-0.4, -0.2) is 42.8 Å². The van der Waals surface area contributed by atoms with Gasteiger partial charge in [0.15, 0.2) is 6.29 Å². The van der Waals surface area contributed by atoms with Gasteiger partial charge in [-0.3, -0.25) is 14.5 Å². The highest BCUT2D eigenvalue weighted by molar-refractivity contribution is 6.21. The van der Waals surface area contributed by atoms with Crippen molar-refractivity contribution in [2.45, 2.75) is 25.6 Å². The molecule has 22 heavy (non-hydrogen) atoms. The van der Waals surface area contributed by atoms with E-state index in [4.69, 9.17) is 9.47 Å². The van der Waals surface area contributed by atoms with E-state index in [0.717, 1.165) is 25.9 Å². The second kappa shape index (κ2) is 6.85. The fraction of sp³-hybridized carbons (Fsp3) is 0.412. The molecule has 5 heteroatoms. The monoisotopic (exact) mass is 301 g/mol. The van der Waals surface area contributed by atoms with Gasteiger partial charge >= 0.3 is 0 Å². The number of rotatable bonds is 5. The number of hydrogen-bond acceptors (Lipinski definition) is 4. The van der Waals surface area contributed by atoms with Gasteiger partial charge in [0.25, 0.3) is 11.8 Å². The number of amides is 2. The molecule has 3 rings (SSSR count). The maximum absolute atomic E-state index is 12.1. The standard InChI is InChI=1S/C17H19NO4/c19-16-13-7-1-2-8-14(13)17(20)18(16)10-4-6-12-22-15-9-3-5-11-21-15/h1-2,4,6-8,15H,3,5,9-12H2/b6-4-. The first-order valence-electron chi connectivity index (χ1n) is 7.61. The Morgan fingerprint density at radius 1 is 1.14 bits per heavy atom. The van der Waals surface area contributed by atoms with Crippen molar-refractivity contribution >= 4 is 11.8 Å². The van der Waals surface area contributed by atoms with E-state index in [-0.39, 0.29) is 24.6 Å². The van der Waals surface area contributed by atoms with E-state index in [1.54, 1.807) is 30.3 Å². The summed E-state index contributed by atoms with van der Waals surface area (Å²) in [6.45, 7) is 1.44. The zero-order valence-corrected chi connectivity index (χ0v) is 12.4. The van der Waals surface area contributed by atoms with Crippen LogP contribution in [0.2, 0.25) is 0 Å². The van der Waals surface area contributed by atoms with Crippen molar-refractivity contribution in [1.82, 2.24) is 4.90 Å². The van der Waals surface area contributed by atoms with Crippen LogP contribution in [0, 0.1) is 0 Å². The van der Waals surface area contributed by atoms with Crippen LogP contribution in [0.5, 0.6) is 0 Å². The summed E-state index contributed by atoms with van der Waals surface area (Å²) in [6, 6.07) is 6.90. The van der Waals surface area contributed by atoms with E-state index in [2.05, 4.69) is 0 Å². The number of nitrogens with zero attached hydrogens (tertiary/aromatic N) is 1. The minimum atomic E-state index is -0.234. The Hall–Kier alpha value is -1.98. The minimum absolute atomic E-state index is 0.127. The Balaban J connectivity index is 1.49. The lowest BCUT2D eigenvalue weighted by molar-refractivity contribution is -0.155. The average molecular weight is 301 g/mol. The van der Waals surface area contributed by atoms with E-state index in [9.17, 15) is 9.59 Å². The highest BCUT2D eigenvalue weighted by atomic mass is 16.7. The number of carbonyl (C=O) groups excluding carboxylic acids is 2. The first kappa shape index (κ1) is 14.9. The van der Waals surface area contributed by atoms with Crippen molar-refractivity contribution < 1.29 is 19.1 Å². The molecule has 0 radical (unpaired) electrons. The molecule has 1 atom stereocenters. The molecule has 0 N–H and O–H groups in total. The number of ether oxygens (including phenoxy) is 2. The summed E-state index contributed by atoms with van der Waals surface area (Å²) in [4.78, 5) is 25.5. The first-order chi connectivity index (χ1) is 10.8. The number of imide groups is 1. The summed E-state index contributed by atoms with van der Waals surface area (Å²) < 4.78 is 11.0. The minimum Gasteiger partial charge on any atom is -0.353 e. The molecule has 2 aliphatic rings. The molecular weight excluding hydrogens is 282 g/mol. The molecule has 1 saturated heterocycles. The summed E-state index contributed by atoms with van der Waals surface area (Å²) in [5.74, 6) is -0.469. The molecule has 5 nitrogen and oxygen atoms in total. The molecule has 0 aromatic heterocycles. The van der Waals surface area contributed by atoms with E-state index in [1.165, 1.54) is 4.90 Å². The molecule has 1 aromatic carbocycles. The van der Waals surface area contributed by atoms with E-state index in [0.29, 0.717) is 17.7 Å². The lowest BCUT2D eigenvalue weighted by Crippen LogP contribution is -2.29. The van der Waals surface area contributed by atoms with Gasteiger partial charge in [-0.15, -0.1) is 0 Å². The fourth-order valence-electron chi connectivity index (χ4n) is 2.66. The van der Waals surface area contributed by atoms with Crippen LogP contribution in [0.4, 0.5) is 0 Å². The first-order valence-corrected chi connectivity index (χ1v) is 7.61. The molecule has 0 aliphatic carbocycles. The van der Waals surface area contributed by atoms with Crippen molar-refractivity contribution in [3.05, 3.63) is 47.5 Å². The van der Waals surface area contributed by atoms with Crippen LogP contribution in [0.15, 0.2) is 36.4 Å². The van der Waals surface area contributed by atoms with Crippen LogP contribution in [0.3, 0.4) is 0 Å². The Morgan fingerprint density at radius 2 is 1.86 bits per heavy atom. The van der Waals surface area contributed by atoms with Crippen LogP contribution in [0.1, 0.15) is 40.0 Å². The van der Waals surface area contributed by atoms with Crippen molar-refractivity contribution in [2.24, 2.45) is 0 Å². The summed E-state index contributed by atoms with van der Waals surface area (Å²) in [5.41, 5.74) is 0.959. The SMILES string of the molecule is O=C1c2ccccc2C(=O)N1C/C=C\COC1CCCCO1. The van der Waals surface area contributed by atoms with Crippen molar-refractivity contribution in [2.75, 3.05) is 19.8 Å². The average Bonchev–Trinajstić information content (AvgIpc) is 2.81. The Bertz CT molecular complexity index is 555. The predicted octanol–water partition coefficient (Wildman–Crippen LogP) is 2.38. The maximum atomic E-state index is 12.1. The Kier molecular flexibility index (Phi) is 4.65. The van der Waals surface area contributed by atoms with Gasteiger partial charge < -0.3 is 9.47 Å². The van der Waals surface area contributed by atoms with Crippen LogP contribution in [0.25, 0.3) is 0 Å². The van der Waals surface area contributed by atoms with Crippen molar-refractivity contribution in [3.8, 4) is 0 Å². The fourth-order valence-corrected chi connectivity index (χ4v) is 2.66. The number of hydrogen-bond donors (Lipinski definition) is 0. The highest BCUT2D eigenvalue weighted by Gasteiger charge is 2.33. The molecule has 2 amide bonds. The lowest BCUT2D eigenvalue weighted by Gasteiger charge is -2.21. The quantitative estimate of drug-likeness (QED) is 0.619. The summed E-state index contributed by atoms with van der Waals surface area (Å²) >= 11 is 0. The molecule has 0 bridgehead atoms. The number of carbonyl (C=O) groups is 2. The topological polar surface area (TPSA) is 55.8 Å². The molecule has 1 unspecified atom stereocenters. The van der Waals surface area contributed by atoms with Crippen molar-refractivity contribution in [1.29, 1.82) is 0 Å². The highest BCUT2D eigenvalue weighted by Crippen LogP contribution is 2.22. The molecule has 2 aliphatic heterocycles. The van der Waals surface area contributed by atoms with E-state index in [1.807, 2.05) is 6.08 Å². The van der Waals surface area contributed by atoms with Gasteiger partial charge in [-0.25, -0.2) is 0 Å². The van der Waals surface area contributed by atoms with Crippen LogP contribution in [-0.2, 0) is 9.47 Å². The smallest absolute Gasteiger partial charge is 0.261 e. The number of fused-ring (bicyclic) bond motifs is 1. The molecule has 0 spiro atoms. The molecule has 0 saturated carbocycles. The Labute approximate surface area is 129 Å². The van der Waals surface area contributed by atoms with Gasteiger partial charge in [-0.1, -0.05) is 24.3 Å². The van der Waals surface area contributed by atoms with Crippen LogP contribution >= 0.6 is 0 Å². The third-order valence-corrected chi connectivity index (χ3v) is 3.85. The van der Waals surface area contributed by atoms with Gasteiger partial charge in [-0.2, -0.15) is 0 Å². The van der Waals surface area contributed by atoms with Crippen molar-refractivity contribution in [3.63, 3.8) is 0 Å². The van der Waals surface area contributed by atoms with Crippen LogP contribution < -0.4 is 0 Å². The van der Waals surface area contributed by atoms with Gasteiger partial charge in [0, 0.05) is 13.2 Å². The Morgan fingerprint density at radius 3 is 2.50 bits per heavy atom. The third kappa shape index (κ3) is 3.10. The summed E-state index contributed by atoms with van der Waals surface area (Å²) in [7, 11) is 0. The zero-order valence-electron chi connectivity index (χ0n) is 12.4. The van der Waals surface area contributed by atoms with Gasteiger partial charge in [0.2, 0.25) is 0 Å². The van der Waals surface area contributed by atoms with Gasteiger partial charge in [0.05, 0.1) is 17.7 Å². The van der Waals surface area contributed by atoms with Gasteiger partial charge in [-0.05, 0) is 31.4 Å². The second-order valence-electron chi connectivity index (χ2n) is 5.37. The summed E-state index contributed by atoms with van der Waals surface area (Å²) in [6.07, 6.45) is 6.62. The maximum Gasteiger partial charge on any atom is 0.261 e. The van der Waals surface area contributed by atoms with E-state index >= 15 is 0 Å². The zero-order chi connectivity index (χ0) is 15.4. The van der Waals surface area contributed by atoms with E-state index < -0.39 is 0 Å². The summed E-state index contributed by atoms with van der Waals surface area (Å²) in [5, 5.41) is 0. The third-order valence-electron chi connectivity index (χ3n) is 3.85. The lowest BCUT2D eigenvalue weighted by atomic mass is 10.1. The molecule has 1 fully saturated rings. The molecule has 1 aromatic rings. The molecular formula is C17H19NO4. The molecule has 2 heterocycles. The molecule has 116 valence electrons. The normalized spacial score (nSPS) is 21.6. The largest absolute Gasteiger partial charge is 0.353 e. The van der Waals surface area contributed by atoms with Gasteiger partial charge in [0.1, 0.15) is 0 Å². The number of benzene rings is 1. The predicted molar refractivity (Wildman–Crippen MR) is 80.5 cm³/mol. The second-order valence-corrected chi connectivity index (χ2v) is 5.37.